The lowest BCUT2D eigenvalue weighted by Crippen LogP contribution is -2.66. The van der Waals surface area contributed by atoms with Crippen molar-refractivity contribution in [3.8, 4) is 0 Å². The van der Waals surface area contributed by atoms with E-state index in [1.165, 1.54) is 12.1 Å². The van der Waals surface area contributed by atoms with Gasteiger partial charge in [-0.2, -0.15) is 17.2 Å². The number of halogens is 3. The van der Waals surface area contributed by atoms with E-state index in [4.69, 9.17) is 11.6 Å². The van der Waals surface area contributed by atoms with Gasteiger partial charge in [-0.3, -0.25) is 0 Å². The number of hydrogen-bond acceptors (Lipinski definition) is 11. The Morgan fingerprint density at radius 2 is 1.73 bits per heavy atom. The highest BCUT2D eigenvalue weighted by Crippen LogP contribution is 2.37. The first-order chi connectivity index (χ1) is 13.8. The van der Waals surface area contributed by atoms with Crippen LogP contribution >= 0.6 is 11.6 Å². The molecule has 0 amide bonds. The molecule has 1 aromatic carbocycles. The van der Waals surface area contributed by atoms with Gasteiger partial charge in [0.25, 0.3) is 5.79 Å². The van der Waals surface area contributed by atoms with Gasteiger partial charge < -0.3 is 38.5 Å². The van der Waals surface area contributed by atoms with Gasteiger partial charge in [-0.25, -0.2) is 4.79 Å². The summed E-state index contributed by atoms with van der Waals surface area (Å²) in [6.45, 7) is -1.83. The van der Waals surface area contributed by atoms with Gasteiger partial charge in [0, 0.05) is 14.2 Å². The second-order valence-electron chi connectivity index (χ2n) is 5.49. The summed E-state index contributed by atoms with van der Waals surface area (Å²) in [5, 5.41) is 29.3. The Bertz CT molecular complexity index is 823. The van der Waals surface area contributed by atoms with E-state index in [-0.39, 0.29) is 0 Å². The molecule has 1 unspecified atom stereocenters. The van der Waals surface area contributed by atoms with Crippen molar-refractivity contribution in [2.75, 3.05) is 27.8 Å². The van der Waals surface area contributed by atoms with Crippen LogP contribution in [0, 0.1) is 0 Å². The zero-order valence-corrected chi connectivity index (χ0v) is 17.1. The van der Waals surface area contributed by atoms with E-state index in [0.717, 1.165) is 26.4 Å². The predicted molar refractivity (Wildman–Crippen MR) is 92.6 cm³/mol. The SMILES string of the molecule is COCOC(O)[C@@H](O)[C@@](O)(OCOC)C(F)(F)C(=O)OS(=O)(=O)c1ccccc1Cl. The molecule has 0 bridgehead atoms. The van der Waals surface area contributed by atoms with Crippen molar-refractivity contribution in [1.82, 2.24) is 0 Å². The van der Waals surface area contributed by atoms with Crippen molar-refractivity contribution in [2.45, 2.75) is 29.0 Å². The van der Waals surface area contributed by atoms with Gasteiger partial charge in [0.05, 0.1) is 5.02 Å². The van der Waals surface area contributed by atoms with Crippen LogP contribution in [0.4, 0.5) is 8.78 Å². The number of aliphatic hydroxyl groups is 3. The Kier molecular flexibility index (Phi) is 9.47. The van der Waals surface area contributed by atoms with Crippen LogP contribution in [0.2, 0.25) is 5.02 Å². The van der Waals surface area contributed by atoms with Crippen LogP contribution in [0.5, 0.6) is 0 Å². The van der Waals surface area contributed by atoms with Crippen LogP contribution in [-0.4, -0.2) is 81.6 Å². The maximum absolute atomic E-state index is 14.7. The van der Waals surface area contributed by atoms with E-state index >= 15 is 0 Å². The maximum atomic E-state index is 14.7. The minimum atomic E-state index is -5.27. The number of carbonyl (C=O) groups is 1. The zero-order chi connectivity index (χ0) is 23.2. The van der Waals surface area contributed by atoms with Gasteiger partial charge in [-0.1, -0.05) is 23.7 Å². The van der Waals surface area contributed by atoms with E-state index in [9.17, 15) is 37.3 Å². The summed E-state index contributed by atoms with van der Waals surface area (Å²) in [7, 11) is -3.13. The second kappa shape index (κ2) is 10.7. The third-order valence-electron chi connectivity index (χ3n) is 3.42. The minimum Gasteiger partial charge on any atom is -0.382 e. The Balaban J connectivity index is 3.25. The number of ether oxygens (including phenoxy) is 4. The fourth-order valence-electron chi connectivity index (χ4n) is 1.92. The first-order valence-electron chi connectivity index (χ1n) is 7.78. The third kappa shape index (κ3) is 5.81. The molecule has 172 valence electrons. The van der Waals surface area contributed by atoms with E-state index in [0.29, 0.717) is 0 Å². The summed E-state index contributed by atoms with van der Waals surface area (Å²) in [5.74, 6) is -12.4. The molecular formula is C15H19ClF2O11S. The molecule has 0 spiro atoms. The largest absolute Gasteiger partial charge is 0.399 e. The quantitative estimate of drug-likeness (QED) is 0.269. The average Bonchev–Trinajstić information content (AvgIpc) is 2.69. The topological polar surface area (TPSA) is 158 Å². The van der Waals surface area contributed by atoms with E-state index < -0.39 is 63.7 Å². The highest BCUT2D eigenvalue weighted by molar-refractivity contribution is 7.87. The molecule has 3 atom stereocenters. The van der Waals surface area contributed by atoms with E-state index in [2.05, 4.69) is 23.1 Å². The number of aliphatic hydroxyl groups excluding tert-OH is 2. The summed E-state index contributed by atoms with van der Waals surface area (Å²) in [4.78, 5) is 11.2. The normalized spacial score (nSPS) is 16.5. The Morgan fingerprint density at radius 1 is 1.17 bits per heavy atom. The number of methoxy groups -OCH3 is 2. The molecule has 30 heavy (non-hydrogen) atoms. The minimum absolute atomic E-state index is 0.442. The standard InChI is InChI=1S/C15H19ClF2O11S/c1-25-7-27-12(20)11(19)15(22,28-8-26-2)14(17,18)13(21)29-30(23,24)10-6-4-3-5-9(10)16/h3-6,11-12,19-20,22H,7-8H2,1-2H3/t11-,12?,15-/m1/s1. The molecule has 15 heteroatoms. The summed E-state index contributed by atoms with van der Waals surface area (Å²) in [6, 6.07) is 4.46. The van der Waals surface area contributed by atoms with Crippen LogP contribution < -0.4 is 0 Å². The third-order valence-corrected chi connectivity index (χ3v) is 5.13. The summed E-state index contributed by atoms with van der Waals surface area (Å²) < 4.78 is 75.0. The highest BCUT2D eigenvalue weighted by atomic mass is 35.5. The summed E-state index contributed by atoms with van der Waals surface area (Å²) in [6.07, 6.45) is -5.58. The smallest absolute Gasteiger partial charge is 0.382 e. The lowest BCUT2D eigenvalue weighted by Gasteiger charge is -2.38. The highest BCUT2D eigenvalue weighted by Gasteiger charge is 2.68. The molecule has 1 rings (SSSR count). The van der Waals surface area contributed by atoms with Crippen LogP contribution in [-0.2, 0) is 38.0 Å². The molecule has 0 saturated heterocycles. The first kappa shape index (κ1) is 26.5. The van der Waals surface area contributed by atoms with E-state index in [1.54, 1.807) is 0 Å². The molecule has 0 aliphatic heterocycles. The van der Waals surface area contributed by atoms with Crippen LogP contribution in [0.25, 0.3) is 0 Å². The van der Waals surface area contributed by atoms with Crippen molar-refractivity contribution >= 4 is 27.7 Å². The molecule has 0 fully saturated rings. The van der Waals surface area contributed by atoms with Gasteiger partial charge in [-0.05, 0) is 12.1 Å². The monoisotopic (exact) mass is 480 g/mol. The number of hydrogen-bond donors (Lipinski definition) is 3. The number of carbonyl (C=O) groups excluding carboxylic acids is 1. The average molecular weight is 481 g/mol. The Morgan fingerprint density at radius 3 is 2.27 bits per heavy atom. The number of rotatable bonds is 12. The van der Waals surface area contributed by atoms with Crippen molar-refractivity contribution in [1.29, 1.82) is 0 Å². The second-order valence-corrected chi connectivity index (χ2v) is 7.41. The van der Waals surface area contributed by atoms with Crippen molar-refractivity contribution < 1.29 is 60.4 Å². The van der Waals surface area contributed by atoms with Gasteiger partial charge in [0.15, 0.2) is 12.4 Å². The van der Waals surface area contributed by atoms with Crippen molar-refractivity contribution in [2.24, 2.45) is 0 Å². The Hall–Kier alpha value is -1.49. The summed E-state index contributed by atoms with van der Waals surface area (Å²) >= 11 is 5.66. The van der Waals surface area contributed by atoms with Gasteiger partial charge in [-0.15, -0.1) is 0 Å². The lowest BCUT2D eigenvalue weighted by atomic mass is 10.0. The molecule has 0 radical (unpaired) electrons. The maximum Gasteiger partial charge on any atom is 0.399 e. The zero-order valence-electron chi connectivity index (χ0n) is 15.5. The molecule has 0 aromatic heterocycles. The van der Waals surface area contributed by atoms with E-state index in [1.807, 2.05) is 0 Å². The van der Waals surface area contributed by atoms with Crippen molar-refractivity contribution in [3.05, 3.63) is 29.3 Å². The molecule has 0 aliphatic rings. The van der Waals surface area contributed by atoms with Crippen LogP contribution in [0.1, 0.15) is 0 Å². The van der Waals surface area contributed by atoms with Crippen LogP contribution in [0.15, 0.2) is 29.2 Å². The van der Waals surface area contributed by atoms with Crippen LogP contribution in [0.3, 0.4) is 0 Å². The molecule has 0 saturated carbocycles. The fraction of sp³-hybridized carbons (Fsp3) is 0.533. The lowest BCUT2D eigenvalue weighted by molar-refractivity contribution is -0.386. The fourth-order valence-corrected chi connectivity index (χ4v) is 3.29. The predicted octanol–water partition coefficient (Wildman–Crippen LogP) is -0.184. The molecule has 1 aromatic rings. The Labute approximate surface area is 174 Å². The van der Waals surface area contributed by atoms with Gasteiger partial charge in [0.1, 0.15) is 18.5 Å². The molecule has 0 heterocycles. The molecule has 0 aliphatic carbocycles. The first-order valence-corrected chi connectivity index (χ1v) is 9.57. The summed E-state index contributed by atoms with van der Waals surface area (Å²) in [5.41, 5.74) is 0. The molecular weight excluding hydrogens is 462 g/mol. The molecule has 11 nitrogen and oxygen atoms in total. The number of benzene rings is 1. The van der Waals surface area contributed by atoms with Gasteiger partial charge >= 0.3 is 22.0 Å². The van der Waals surface area contributed by atoms with Gasteiger partial charge in [0.2, 0.25) is 0 Å². The molecule has 3 N–H and O–H groups in total. The van der Waals surface area contributed by atoms with Crippen molar-refractivity contribution in [3.63, 3.8) is 0 Å². The number of alkyl halides is 2.